The quantitative estimate of drug-likeness (QED) is 0.771. The zero-order valence-corrected chi connectivity index (χ0v) is 13.3. The summed E-state index contributed by atoms with van der Waals surface area (Å²) in [6, 6.07) is 1.93. The Balaban J connectivity index is 2.67. The van der Waals surface area contributed by atoms with Gasteiger partial charge in [0.1, 0.15) is 0 Å². The number of nitrogens with zero attached hydrogens (tertiary/aromatic N) is 1. The highest BCUT2D eigenvalue weighted by atomic mass is 127. The van der Waals surface area contributed by atoms with Crippen molar-refractivity contribution < 1.29 is 14.7 Å². The van der Waals surface area contributed by atoms with Crippen molar-refractivity contribution in [1.29, 1.82) is 0 Å². The molecule has 1 aromatic rings. The summed E-state index contributed by atoms with van der Waals surface area (Å²) < 4.78 is 1.07. The van der Waals surface area contributed by atoms with Gasteiger partial charge in [0.2, 0.25) is 0 Å². The second-order valence-corrected chi connectivity index (χ2v) is 7.03. The van der Waals surface area contributed by atoms with Gasteiger partial charge in [0.25, 0.3) is 5.91 Å². The summed E-state index contributed by atoms with van der Waals surface area (Å²) in [4.78, 5) is 24.5. The standard InChI is InChI=1S/C12H16INO3S/c1-8(2)14(5-3-4-11(15)16)12(17)9-6-10(13)18-7-9/h6-8H,3-5H2,1-2H3,(H,15,16). The maximum Gasteiger partial charge on any atom is 0.303 e. The number of hydrogen-bond donors (Lipinski definition) is 1. The van der Waals surface area contributed by atoms with Crippen molar-refractivity contribution in [1.82, 2.24) is 4.90 Å². The Kier molecular flexibility index (Phi) is 6.07. The van der Waals surface area contributed by atoms with Crippen LogP contribution in [-0.4, -0.2) is 34.5 Å². The van der Waals surface area contributed by atoms with Crippen molar-refractivity contribution in [2.45, 2.75) is 32.7 Å². The van der Waals surface area contributed by atoms with Crippen molar-refractivity contribution in [3.63, 3.8) is 0 Å². The fourth-order valence-corrected chi connectivity index (χ4v) is 2.90. The van der Waals surface area contributed by atoms with E-state index in [1.807, 2.05) is 25.3 Å². The van der Waals surface area contributed by atoms with E-state index in [1.54, 1.807) is 4.90 Å². The minimum Gasteiger partial charge on any atom is -0.481 e. The number of thiophene rings is 1. The lowest BCUT2D eigenvalue weighted by molar-refractivity contribution is -0.137. The van der Waals surface area contributed by atoms with Gasteiger partial charge in [-0.3, -0.25) is 9.59 Å². The summed E-state index contributed by atoms with van der Waals surface area (Å²) in [5, 5.41) is 10.5. The van der Waals surface area contributed by atoms with E-state index in [4.69, 9.17) is 5.11 Å². The third kappa shape index (κ3) is 4.56. The molecule has 0 atom stereocenters. The molecule has 0 fully saturated rings. The van der Waals surface area contributed by atoms with Gasteiger partial charge in [-0.25, -0.2) is 0 Å². The average molecular weight is 381 g/mol. The molecule has 1 N–H and O–H groups in total. The van der Waals surface area contributed by atoms with Gasteiger partial charge in [0, 0.05) is 24.4 Å². The van der Waals surface area contributed by atoms with Gasteiger partial charge in [-0.15, -0.1) is 11.3 Å². The molecule has 1 aromatic heterocycles. The maximum atomic E-state index is 12.3. The summed E-state index contributed by atoms with van der Waals surface area (Å²) in [6.07, 6.45) is 0.582. The molecular formula is C12H16INO3S. The molecule has 1 amide bonds. The van der Waals surface area contributed by atoms with Crippen molar-refractivity contribution >= 4 is 45.8 Å². The molecule has 4 nitrogen and oxygen atoms in total. The molecule has 0 aliphatic rings. The molecular weight excluding hydrogens is 365 g/mol. The van der Waals surface area contributed by atoms with Crippen molar-refractivity contribution in [3.05, 3.63) is 19.9 Å². The zero-order valence-electron chi connectivity index (χ0n) is 10.4. The van der Waals surface area contributed by atoms with Gasteiger partial charge < -0.3 is 10.0 Å². The normalized spacial score (nSPS) is 10.7. The van der Waals surface area contributed by atoms with E-state index in [2.05, 4.69) is 22.6 Å². The molecule has 0 aromatic carbocycles. The van der Waals surface area contributed by atoms with E-state index < -0.39 is 5.97 Å². The molecule has 100 valence electrons. The van der Waals surface area contributed by atoms with Crippen LogP contribution in [0.5, 0.6) is 0 Å². The first-order valence-corrected chi connectivity index (χ1v) is 7.64. The molecule has 0 saturated heterocycles. The molecule has 0 aliphatic carbocycles. The summed E-state index contributed by atoms with van der Waals surface area (Å²) in [5.74, 6) is -0.842. The molecule has 0 saturated carbocycles. The van der Waals surface area contributed by atoms with E-state index in [0.29, 0.717) is 18.5 Å². The lowest BCUT2D eigenvalue weighted by atomic mass is 10.2. The van der Waals surface area contributed by atoms with Crippen molar-refractivity contribution in [3.8, 4) is 0 Å². The number of carboxylic acid groups (broad SMARTS) is 1. The molecule has 6 heteroatoms. The minimum atomic E-state index is -0.823. The van der Waals surface area contributed by atoms with Crippen molar-refractivity contribution in [2.75, 3.05) is 6.54 Å². The van der Waals surface area contributed by atoms with Gasteiger partial charge in [0.15, 0.2) is 0 Å². The van der Waals surface area contributed by atoms with Crippen LogP contribution in [0.1, 0.15) is 37.0 Å². The Morgan fingerprint density at radius 2 is 2.17 bits per heavy atom. The highest BCUT2D eigenvalue weighted by Gasteiger charge is 2.19. The number of halogens is 1. The number of hydrogen-bond acceptors (Lipinski definition) is 3. The number of carbonyl (C=O) groups is 2. The molecule has 1 rings (SSSR count). The predicted molar refractivity (Wildman–Crippen MR) is 80.1 cm³/mol. The number of aliphatic carboxylic acids is 1. The van der Waals surface area contributed by atoms with Crippen LogP contribution in [0.4, 0.5) is 0 Å². The lowest BCUT2D eigenvalue weighted by Gasteiger charge is -2.26. The Morgan fingerprint density at radius 3 is 2.61 bits per heavy atom. The third-order valence-corrected chi connectivity index (χ3v) is 4.28. The summed E-state index contributed by atoms with van der Waals surface area (Å²) in [6.45, 7) is 4.36. The Hall–Kier alpha value is -0.630. The summed E-state index contributed by atoms with van der Waals surface area (Å²) >= 11 is 3.72. The Labute approximate surface area is 124 Å². The van der Waals surface area contributed by atoms with Gasteiger partial charge in [-0.05, 0) is 48.9 Å². The fourth-order valence-electron chi connectivity index (χ4n) is 1.58. The molecule has 18 heavy (non-hydrogen) atoms. The van der Waals surface area contributed by atoms with Gasteiger partial charge >= 0.3 is 5.97 Å². The molecule has 1 heterocycles. The van der Waals surface area contributed by atoms with Gasteiger partial charge in [0.05, 0.1) is 8.45 Å². The van der Waals surface area contributed by atoms with Crippen LogP contribution in [-0.2, 0) is 4.79 Å². The first-order chi connectivity index (χ1) is 8.41. The Bertz CT molecular complexity index is 431. The van der Waals surface area contributed by atoms with E-state index in [0.717, 1.165) is 2.88 Å². The number of carboxylic acids is 1. The number of amides is 1. The fraction of sp³-hybridized carbons (Fsp3) is 0.500. The smallest absolute Gasteiger partial charge is 0.303 e. The SMILES string of the molecule is CC(C)N(CCCC(=O)O)C(=O)c1csc(I)c1. The van der Waals surface area contributed by atoms with Crippen LogP contribution in [0.2, 0.25) is 0 Å². The molecule has 0 bridgehead atoms. The second kappa shape index (κ2) is 7.08. The first-order valence-electron chi connectivity index (χ1n) is 5.68. The van der Waals surface area contributed by atoms with E-state index in [-0.39, 0.29) is 18.4 Å². The van der Waals surface area contributed by atoms with Gasteiger partial charge in [-0.1, -0.05) is 0 Å². The maximum absolute atomic E-state index is 12.3. The van der Waals surface area contributed by atoms with Crippen LogP contribution in [0.15, 0.2) is 11.4 Å². The number of carbonyl (C=O) groups excluding carboxylic acids is 1. The first kappa shape index (κ1) is 15.4. The van der Waals surface area contributed by atoms with Crippen LogP contribution < -0.4 is 0 Å². The van der Waals surface area contributed by atoms with Crippen LogP contribution >= 0.6 is 33.9 Å². The molecule has 0 spiro atoms. The monoisotopic (exact) mass is 381 g/mol. The van der Waals surface area contributed by atoms with Crippen LogP contribution in [0, 0.1) is 2.88 Å². The van der Waals surface area contributed by atoms with Crippen LogP contribution in [0.3, 0.4) is 0 Å². The highest BCUT2D eigenvalue weighted by molar-refractivity contribution is 14.1. The van der Waals surface area contributed by atoms with E-state index >= 15 is 0 Å². The summed E-state index contributed by atoms with van der Waals surface area (Å²) in [5.41, 5.74) is 0.688. The Morgan fingerprint density at radius 1 is 1.50 bits per heavy atom. The van der Waals surface area contributed by atoms with E-state index in [9.17, 15) is 9.59 Å². The zero-order chi connectivity index (χ0) is 13.7. The second-order valence-electron chi connectivity index (χ2n) is 4.23. The van der Waals surface area contributed by atoms with Crippen molar-refractivity contribution in [2.24, 2.45) is 0 Å². The van der Waals surface area contributed by atoms with Gasteiger partial charge in [-0.2, -0.15) is 0 Å². The lowest BCUT2D eigenvalue weighted by Crippen LogP contribution is -2.37. The largest absolute Gasteiger partial charge is 0.481 e. The number of rotatable bonds is 6. The molecule has 0 radical (unpaired) electrons. The minimum absolute atomic E-state index is 0.0189. The average Bonchev–Trinajstić information content (AvgIpc) is 2.69. The third-order valence-electron chi connectivity index (χ3n) is 2.49. The highest BCUT2D eigenvalue weighted by Crippen LogP contribution is 2.19. The van der Waals surface area contributed by atoms with E-state index in [1.165, 1.54) is 11.3 Å². The molecule has 0 aliphatic heterocycles. The molecule has 0 unspecified atom stereocenters. The predicted octanol–water partition coefficient (Wildman–Crippen LogP) is 3.07. The van der Waals surface area contributed by atoms with Crippen LogP contribution in [0.25, 0.3) is 0 Å². The topological polar surface area (TPSA) is 57.6 Å². The summed E-state index contributed by atoms with van der Waals surface area (Å²) in [7, 11) is 0.